The summed E-state index contributed by atoms with van der Waals surface area (Å²) in [6.45, 7) is 5.44. The Balaban J connectivity index is 3.49. The number of carbonyl (C=O) groups is 1. The van der Waals surface area contributed by atoms with Crippen molar-refractivity contribution in [2.24, 2.45) is 0 Å². The number of rotatable bonds is 3. The van der Waals surface area contributed by atoms with Crippen LogP contribution in [-0.2, 0) is 0 Å². The van der Waals surface area contributed by atoms with Crippen molar-refractivity contribution < 1.29 is 9.72 Å². The molecule has 0 heterocycles. The number of hydrogen-bond acceptors (Lipinski definition) is 3. The molecule has 0 N–H and O–H groups in total. The molecule has 1 aromatic rings. The third-order valence-corrected chi connectivity index (χ3v) is 2.61. The number of nitro groups is 1. The SMILES string of the molecule is Cc1cc(C(C)C)c([N+](=O)[O-])cc1C(=O)Cl. The summed E-state index contributed by atoms with van der Waals surface area (Å²) in [5, 5.41) is 10.2. The Kier molecular flexibility index (Phi) is 3.65. The Morgan fingerprint density at radius 2 is 2.00 bits per heavy atom. The van der Waals surface area contributed by atoms with Crippen molar-refractivity contribution >= 4 is 22.5 Å². The van der Waals surface area contributed by atoms with Crippen LogP contribution in [0.2, 0.25) is 0 Å². The second-order valence-corrected chi connectivity index (χ2v) is 4.25. The molecule has 0 spiro atoms. The van der Waals surface area contributed by atoms with Crippen LogP contribution in [0.5, 0.6) is 0 Å². The van der Waals surface area contributed by atoms with E-state index in [1.807, 2.05) is 13.8 Å². The van der Waals surface area contributed by atoms with Crippen LogP contribution in [0.4, 0.5) is 5.69 Å². The van der Waals surface area contributed by atoms with E-state index >= 15 is 0 Å². The highest BCUT2D eigenvalue weighted by molar-refractivity contribution is 6.68. The van der Waals surface area contributed by atoms with Crippen LogP contribution in [-0.4, -0.2) is 10.2 Å². The van der Waals surface area contributed by atoms with E-state index in [9.17, 15) is 14.9 Å². The lowest BCUT2D eigenvalue weighted by atomic mass is 9.96. The number of nitro benzene ring substituents is 1. The fourth-order valence-corrected chi connectivity index (χ4v) is 1.75. The largest absolute Gasteiger partial charge is 0.276 e. The summed E-state index contributed by atoms with van der Waals surface area (Å²) in [4.78, 5) is 21.4. The average Bonchev–Trinajstić information content (AvgIpc) is 2.15. The van der Waals surface area contributed by atoms with Gasteiger partial charge in [0.2, 0.25) is 0 Å². The summed E-state index contributed by atoms with van der Waals surface area (Å²) in [6, 6.07) is 2.90. The molecule has 0 radical (unpaired) electrons. The Hall–Kier alpha value is -1.42. The molecule has 0 saturated heterocycles. The summed E-state index contributed by atoms with van der Waals surface area (Å²) in [5.41, 5.74) is 1.42. The Morgan fingerprint density at radius 3 is 2.38 bits per heavy atom. The summed E-state index contributed by atoms with van der Waals surface area (Å²) < 4.78 is 0. The molecule has 1 aromatic carbocycles. The molecule has 1 rings (SSSR count). The number of halogens is 1. The lowest BCUT2D eigenvalue weighted by Gasteiger charge is -2.09. The van der Waals surface area contributed by atoms with Gasteiger partial charge < -0.3 is 0 Å². The van der Waals surface area contributed by atoms with Crippen molar-refractivity contribution in [1.82, 2.24) is 0 Å². The fraction of sp³-hybridized carbons (Fsp3) is 0.364. The normalized spacial score (nSPS) is 10.6. The van der Waals surface area contributed by atoms with Crippen LogP contribution in [0.15, 0.2) is 12.1 Å². The van der Waals surface area contributed by atoms with Crippen molar-refractivity contribution in [2.75, 3.05) is 0 Å². The first-order valence-electron chi connectivity index (χ1n) is 4.83. The van der Waals surface area contributed by atoms with Crippen molar-refractivity contribution in [3.8, 4) is 0 Å². The third kappa shape index (κ3) is 2.39. The van der Waals surface area contributed by atoms with Crippen LogP contribution in [0.25, 0.3) is 0 Å². The van der Waals surface area contributed by atoms with Crippen LogP contribution in [0.3, 0.4) is 0 Å². The second kappa shape index (κ2) is 4.61. The van der Waals surface area contributed by atoms with Gasteiger partial charge >= 0.3 is 0 Å². The molecule has 0 unspecified atom stereocenters. The average molecular weight is 242 g/mol. The zero-order chi connectivity index (χ0) is 12.5. The Bertz CT molecular complexity index is 455. The number of nitrogens with zero attached hydrogens (tertiary/aromatic N) is 1. The molecule has 0 aromatic heterocycles. The van der Waals surface area contributed by atoms with E-state index in [2.05, 4.69) is 0 Å². The zero-order valence-electron chi connectivity index (χ0n) is 9.28. The van der Waals surface area contributed by atoms with E-state index in [-0.39, 0.29) is 17.2 Å². The van der Waals surface area contributed by atoms with Crippen LogP contribution in [0.1, 0.15) is 41.3 Å². The topological polar surface area (TPSA) is 60.2 Å². The quantitative estimate of drug-likeness (QED) is 0.463. The van der Waals surface area contributed by atoms with Crippen molar-refractivity contribution in [3.63, 3.8) is 0 Å². The smallest absolute Gasteiger partial charge is 0.273 e. The van der Waals surface area contributed by atoms with Gasteiger partial charge in [0.1, 0.15) is 0 Å². The molecule has 0 bridgehead atoms. The maximum Gasteiger partial charge on any atom is 0.273 e. The number of benzene rings is 1. The van der Waals surface area contributed by atoms with Crippen LogP contribution in [0, 0.1) is 17.0 Å². The first-order valence-corrected chi connectivity index (χ1v) is 5.21. The van der Waals surface area contributed by atoms with Crippen molar-refractivity contribution in [2.45, 2.75) is 26.7 Å². The minimum atomic E-state index is -0.670. The molecular formula is C11H12ClNO3. The summed E-state index contributed by atoms with van der Waals surface area (Å²) in [5.74, 6) is 0.0265. The molecule has 0 amide bonds. The highest BCUT2D eigenvalue weighted by Crippen LogP contribution is 2.30. The number of carbonyl (C=O) groups excluding carboxylic acids is 1. The maximum absolute atomic E-state index is 11.1. The van der Waals surface area contributed by atoms with Gasteiger partial charge in [0.15, 0.2) is 0 Å². The van der Waals surface area contributed by atoms with E-state index in [0.29, 0.717) is 11.1 Å². The lowest BCUT2D eigenvalue weighted by molar-refractivity contribution is -0.385. The highest BCUT2D eigenvalue weighted by atomic mass is 35.5. The molecule has 0 aliphatic carbocycles. The molecule has 0 aliphatic rings. The van der Waals surface area contributed by atoms with Crippen molar-refractivity contribution in [1.29, 1.82) is 0 Å². The Labute approximate surface area is 98.4 Å². The van der Waals surface area contributed by atoms with Gasteiger partial charge in [-0.05, 0) is 36.1 Å². The highest BCUT2D eigenvalue weighted by Gasteiger charge is 2.20. The molecule has 4 nitrogen and oxygen atoms in total. The minimum absolute atomic E-state index is 0.0265. The molecule has 5 heteroatoms. The molecule has 0 saturated carbocycles. The Morgan fingerprint density at radius 1 is 1.44 bits per heavy atom. The van der Waals surface area contributed by atoms with Crippen LogP contribution >= 0.6 is 11.6 Å². The summed E-state index contributed by atoms with van der Waals surface area (Å²) in [7, 11) is 0. The second-order valence-electron chi connectivity index (χ2n) is 3.91. The van der Waals surface area contributed by atoms with E-state index in [1.54, 1.807) is 13.0 Å². The van der Waals surface area contributed by atoms with Gasteiger partial charge in [0, 0.05) is 17.2 Å². The van der Waals surface area contributed by atoms with Crippen molar-refractivity contribution in [3.05, 3.63) is 38.9 Å². The standard InChI is InChI=1S/C11H12ClNO3/c1-6(2)8-4-7(3)9(11(12)14)5-10(8)13(15)16/h4-6H,1-3H3. The predicted octanol–water partition coefficient (Wildman–Crippen LogP) is 3.41. The van der Waals surface area contributed by atoms with Gasteiger partial charge in [-0.15, -0.1) is 0 Å². The summed E-state index contributed by atoms with van der Waals surface area (Å²) in [6.07, 6.45) is 0. The fourth-order valence-electron chi connectivity index (χ4n) is 1.55. The van der Waals surface area contributed by atoms with E-state index < -0.39 is 10.2 Å². The van der Waals surface area contributed by atoms with Gasteiger partial charge in [0.25, 0.3) is 10.9 Å². The van der Waals surface area contributed by atoms with E-state index in [4.69, 9.17) is 11.6 Å². The lowest BCUT2D eigenvalue weighted by Crippen LogP contribution is -2.02. The van der Waals surface area contributed by atoms with E-state index in [1.165, 1.54) is 6.07 Å². The number of hydrogen-bond donors (Lipinski definition) is 0. The first-order chi connectivity index (χ1) is 7.34. The third-order valence-electron chi connectivity index (χ3n) is 2.40. The molecular weight excluding hydrogens is 230 g/mol. The summed E-state index contributed by atoms with van der Waals surface area (Å²) >= 11 is 5.36. The van der Waals surface area contributed by atoms with Gasteiger partial charge in [-0.2, -0.15) is 0 Å². The van der Waals surface area contributed by atoms with Gasteiger partial charge in [0.05, 0.1) is 4.92 Å². The van der Waals surface area contributed by atoms with Crippen LogP contribution < -0.4 is 0 Å². The van der Waals surface area contributed by atoms with Gasteiger partial charge in [-0.3, -0.25) is 14.9 Å². The molecule has 16 heavy (non-hydrogen) atoms. The maximum atomic E-state index is 11.1. The van der Waals surface area contributed by atoms with E-state index in [0.717, 1.165) is 0 Å². The molecule has 86 valence electrons. The first kappa shape index (κ1) is 12.6. The van der Waals surface area contributed by atoms with Gasteiger partial charge in [-0.1, -0.05) is 13.8 Å². The number of aryl methyl sites for hydroxylation is 1. The molecule has 0 aliphatic heterocycles. The van der Waals surface area contributed by atoms with Gasteiger partial charge in [-0.25, -0.2) is 0 Å². The predicted molar refractivity (Wildman–Crippen MR) is 62.1 cm³/mol. The molecule has 0 fully saturated rings. The molecule has 0 atom stereocenters. The zero-order valence-corrected chi connectivity index (χ0v) is 10.0. The minimum Gasteiger partial charge on any atom is -0.276 e. The monoisotopic (exact) mass is 241 g/mol.